The van der Waals surface area contributed by atoms with Crippen molar-refractivity contribution in [1.82, 2.24) is 9.78 Å². The second kappa shape index (κ2) is 5.34. The first-order valence-electron chi connectivity index (χ1n) is 5.47. The number of esters is 1. The summed E-state index contributed by atoms with van der Waals surface area (Å²) >= 11 is 0. The molecule has 0 aliphatic carbocycles. The predicted octanol–water partition coefficient (Wildman–Crippen LogP) is 1.48. The maximum atomic E-state index is 11.3. The van der Waals surface area contributed by atoms with Crippen LogP contribution in [0.5, 0.6) is 5.75 Å². The molecule has 0 spiro atoms. The van der Waals surface area contributed by atoms with Crippen molar-refractivity contribution in [3.05, 3.63) is 41.7 Å². The Kier molecular flexibility index (Phi) is 3.61. The monoisotopic (exact) mass is 260 g/mol. The summed E-state index contributed by atoms with van der Waals surface area (Å²) in [6.45, 7) is 0. The number of aromatic nitrogens is 2. The summed E-state index contributed by atoms with van der Waals surface area (Å²) in [7, 11) is 2.79. The molecule has 0 fully saturated rings. The van der Waals surface area contributed by atoms with Crippen LogP contribution in [-0.2, 0) is 4.74 Å². The van der Waals surface area contributed by atoms with Crippen LogP contribution in [0.2, 0.25) is 0 Å². The Morgan fingerprint density at radius 1 is 1.32 bits per heavy atom. The minimum atomic E-state index is -0.512. The van der Waals surface area contributed by atoms with Gasteiger partial charge in [0, 0.05) is 11.8 Å². The minimum absolute atomic E-state index is 0.198. The molecule has 0 bridgehead atoms. The van der Waals surface area contributed by atoms with Gasteiger partial charge in [-0.2, -0.15) is 5.10 Å². The normalized spacial score (nSPS) is 10.0. The highest BCUT2D eigenvalue weighted by molar-refractivity contribution is 5.87. The number of ether oxygens (including phenoxy) is 2. The Bertz CT molecular complexity index is 619. The van der Waals surface area contributed by atoms with Crippen LogP contribution in [0, 0.1) is 0 Å². The zero-order valence-corrected chi connectivity index (χ0v) is 10.5. The number of nitrogens with zero attached hydrogens (tertiary/aromatic N) is 2. The summed E-state index contributed by atoms with van der Waals surface area (Å²) in [4.78, 5) is 22.1. The van der Waals surface area contributed by atoms with Gasteiger partial charge in [0.05, 0.1) is 14.2 Å². The van der Waals surface area contributed by atoms with Crippen molar-refractivity contribution in [2.75, 3.05) is 14.2 Å². The summed E-state index contributed by atoms with van der Waals surface area (Å²) in [5, 5.41) is 4.09. The fraction of sp³-hybridized carbons (Fsp3) is 0.154. The van der Waals surface area contributed by atoms with Crippen molar-refractivity contribution in [1.29, 1.82) is 0 Å². The molecule has 98 valence electrons. The Morgan fingerprint density at radius 3 is 2.74 bits per heavy atom. The van der Waals surface area contributed by atoms with Crippen molar-refractivity contribution >= 4 is 12.3 Å². The molecule has 2 aromatic rings. The van der Waals surface area contributed by atoms with Gasteiger partial charge in [-0.25, -0.2) is 9.48 Å². The van der Waals surface area contributed by atoms with Gasteiger partial charge in [0.1, 0.15) is 17.7 Å². The van der Waals surface area contributed by atoms with Gasteiger partial charge < -0.3 is 9.47 Å². The third kappa shape index (κ3) is 2.47. The third-order valence-electron chi connectivity index (χ3n) is 2.57. The third-order valence-corrected chi connectivity index (χ3v) is 2.57. The largest absolute Gasteiger partial charge is 0.494 e. The van der Waals surface area contributed by atoms with Crippen LogP contribution >= 0.6 is 0 Å². The van der Waals surface area contributed by atoms with Crippen molar-refractivity contribution in [3.8, 4) is 11.4 Å². The summed E-state index contributed by atoms with van der Waals surface area (Å²) < 4.78 is 11.3. The second-order valence-corrected chi connectivity index (χ2v) is 3.69. The molecule has 0 aliphatic heterocycles. The van der Waals surface area contributed by atoms with Crippen molar-refractivity contribution in [3.63, 3.8) is 0 Å². The number of carbonyl (C=O) groups excluding carboxylic acids is 2. The predicted molar refractivity (Wildman–Crippen MR) is 66.8 cm³/mol. The first-order valence-corrected chi connectivity index (χ1v) is 5.47. The average molecular weight is 260 g/mol. The van der Waals surface area contributed by atoms with Gasteiger partial charge in [0.15, 0.2) is 5.69 Å². The highest BCUT2D eigenvalue weighted by Crippen LogP contribution is 2.23. The summed E-state index contributed by atoms with van der Waals surface area (Å²) in [5.74, 6) is -0.0219. The number of hydrogen-bond acceptors (Lipinski definition) is 5. The van der Waals surface area contributed by atoms with E-state index >= 15 is 0 Å². The molecule has 0 amide bonds. The number of aldehydes is 1. The number of methoxy groups -OCH3 is 2. The lowest BCUT2D eigenvalue weighted by Crippen LogP contribution is -2.05. The maximum Gasteiger partial charge on any atom is 0.358 e. The van der Waals surface area contributed by atoms with Gasteiger partial charge in [-0.05, 0) is 24.3 Å². The van der Waals surface area contributed by atoms with Gasteiger partial charge in [0.25, 0.3) is 0 Å². The molecule has 2 rings (SSSR count). The molecule has 0 radical (unpaired) electrons. The zero-order valence-electron chi connectivity index (χ0n) is 10.5. The maximum absolute atomic E-state index is 11.3. The fourth-order valence-corrected chi connectivity index (χ4v) is 1.63. The average Bonchev–Trinajstić information content (AvgIpc) is 2.95. The number of hydrogen-bond donors (Lipinski definition) is 0. The molecule has 6 heteroatoms. The zero-order chi connectivity index (χ0) is 13.8. The molecule has 0 N–H and O–H groups in total. The van der Waals surface area contributed by atoms with Crippen LogP contribution in [-0.4, -0.2) is 36.3 Å². The summed E-state index contributed by atoms with van der Waals surface area (Å²) in [5.41, 5.74) is 1.33. The molecule has 0 atom stereocenters. The van der Waals surface area contributed by atoms with Crippen molar-refractivity contribution < 1.29 is 19.1 Å². The molecule has 0 saturated carbocycles. The summed E-state index contributed by atoms with van der Waals surface area (Å²) in [6, 6.07) is 6.47. The Morgan fingerprint density at radius 2 is 2.11 bits per heavy atom. The van der Waals surface area contributed by atoms with Crippen LogP contribution in [0.1, 0.15) is 20.8 Å². The first kappa shape index (κ1) is 12.8. The SMILES string of the molecule is COC(=O)c1ccn(-c2ccc(C=O)cc2OC)n1. The van der Waals surface area contributed by atoms with Crippen LogP contribution in [0.15, 0.2) is 30.5 Å². The molecular weight excluding hydrogens is 248 g/mol. The quantitative estimate of drug-likeness (QED) is 0.615. The van der Waals surface area contributed by atoms with Gasteiger partial charge in [0.2, 0.25) is 0 Å². The molecule has 0 aliphatic rings. The number of rotatable bonds is 4. The van der Waals surface area contributed by atoms with Gasteiger partial charge >= 0.3 is 5.97 Å². The Labute approximate surface area is 109 Å². The van der Waals surface area contributed by atoms with E-state index < -0.39 is 5.97 Å². The lowest BCUT2D eigenvalue weighted by atomic mass is 10.2. The van der Waals surface area contributed by atoms with Crippen molar-refractivity contribution in [2.45, 2.75) is 0 Å². The van der Waals surface area contributed by atoms with E-state index in [0.717, 1.165) is 6.29 Å². The van der Waals surface area contributed by atoms with E-state index in [1.54, 1.807) is 30.5 Å². The highest BCUT2D eigenvalue weighted by atomic mass is 16.5. The van der Waals surface area contributed by atoms with Gasteiger partial charge in [-0.15, -0.1) is 0 Å². The first-order chi connectivity index (χ1) is 9.19. The van der Waals surface area contributed by atoms with Crippen molar-refractivity contribution in [2.24, 2.45) is 0 Å². The minimum Gasteiger partial charge on any atom is -0.494 e. The molecule has 19 heavy (non-hydrogen) atoms. The van der Waals surface area contributed by atoms with E-state index in [1.165, 1.54) is 18.9 Å². The standard InChI is InChI=1S/C13H12N2O4/c1-18-12-7-9(8-16)3-4-11(12)15-6-5-10(14-15)13(17)19-2/h3-8H,1-2H3. The van der Waals surface area contributed by atoms with E-state index in [-0.39, 0.29) is 5.69 Å². The van der Waals surface area contributed by atoms with E-state index in [2.05, 4.69) is 9.84 Å². The Hall–Kier alpha value is -2.63. The molecular formula is C13H12N2O4. The smallest absolute Gasteiger partial charge is 0.358 e. The molecule has 1 heterocycles. The second-order valence-electron chi connectivity index (χ2n) is 3.69. The van der Waals surface area contributed by atoms with E-state index in [1.807, 2.05) is 0 Å². The molecule has 6 nitrogen and oxygen atoms in total. The van der Waals surface area contributed by atoms with E-state index in [0.29, 0.717) is 17.0 Å². The molecule has 1 aromatic heterocycles. The van der Waals surface area contributed by atoms with Crippen LogP contribution in [0.4, 0.5) is 0 Å². The number of carbonyl (C=O) groups is 2. The number of benzene rings is 1. The fourth-order valence-electron chi connectivity index (χ4n) is 1.63. The van der Waals surface area contributed by atoms with Crippen LogP contribution in [0.3, 0.4) is 0 Å². The molecule has 0 saturated heterocycles. The topological polar surface area (TPSA) is 70.4 Å². The van der Waals surface area contributed by atoms with Crippen LogP contribution < -0.4 is 4.74 Å². The lowest BCUT2D eigenvalue weighted by molar-refractivity contribution is 0.0593. The Balaban J connectivity index is 2.43. The summed E-state index contributed by atoms with van der Waals surface area (Å²) in [6.07, 6.45) is 2.35. The highest BCUT2D eigenvalue weighted by Gasteiger charge is 2.12. The van der Waals surface area contributed by atoms with Crippen LogP contribution in [0.25, 0.3) is 5.69 Å². The van der Waals surface area contributed by atoms with E-state index in [9.17, 15) is 9.59 Å². The lowest BCUT2D eigenvalue weighted by Gasteiger charge is -2.08. The molecule has 0 unspecified atom stereocenters. The van der Waals surface area contributed by atoms with Gasteiger partial charge in [-0.3, -0.25) is 4.79 Å². The van der Waals surface area contributed by atoms with E-state index in [4.69, 9.17) is 4.74 Å². The van der Waals surface area contributed by atoms with Gasteiger partial charge in [-0.1, -0.05) is 0 Å². The molecule has 1 aromatic carbocycles.